The maximum Gasteiger partial charge on any atom is 0.227 e. The molecule has 0 unspecified atom stereocenters. The molecule has 0 atom stereocenters. The summed E-state index contributed by atoms with van der Waals surface area (Å²) in [5.41, 5.74) is 3.12. The molecular weight excluding hydrogens is 403 g/mol. The minimum atomic E-state index is -3.63. The van der Waals surface area contributed by atoms with Crippen LogP contribution in [0.25, 0.3) is 0 Å². The molecule has 1 aliphatic heterocycles. The van der Waals surface area contributed by atoms with Crippen molar-refractivity contribution in [3.63, 3.8) is 0 Å². The number of hydrogen-bond donors (Lipinski definition) is 1. The minimum Gasteiger partial charge on any atom is -0.325 e. The summed E-state index contributed by atoms with van der Waals surface area (Å²) in [7, 11) is -3.63. The van der Waals surface area contributed by atoms with Crippen molar-refractivity contribution in [1.29, 1.82) is 0 Å². The van der Waals surface area contributed by atoms with E-state index in [1.165, 1.54) is 22.5 Å². The molecule has 1 saturated heterocycles. The molecule has 1 amide bonds. The summed E-state index contributed by atoms with van der Waals surface area (Å²) < 4.78 is 40.6. The van der Waals surface area contributed by atoms with Gasteiger partial charge in [0.15, 0.2) is 0 Å². The zero-order chi connectivity index (χ0) is 21.9. The molecule has 0 spiro atoms. The largest absolute Gasteiger partial charge is 0.325 e. The van der Waals surface area contributed by atoms with Crippen molar-refractivity contribution < 1.29 is 17.6 Å². The van der Waals surface area contributed by atoms with Crippen LogP contribution in [0, 0.1) is 18.7 Å². The Morgan fingerprint density at radius 1 is 1.13 bits per heavy atom. The SMILES string of the molecule is Cc1cccc(C(C)C)c1NC(=O)C1CCN(S(=O)(=O)Cc2ccccc2F)CC1. The number of carbonyl (C=O) groups excluding carboxylic acids is 1. The number of piperidine rings is 1. The fourth-order valence-corrected chi connectivity index (χ4v) is 5.44. The standard InChI is InChI=1S/C23H29FN2O3S/c1-16(2)20-9-6-7-17(3)22(20)25-23(27)18-11-13-26(14-12-18)30(28,29)15-19-8-4-5-10-21(19)24/h4-10,16,18H,11-15H2,1-3H3,(H,25,27). The van der Waals surface area contributed by atoms with Crippen LogP contribution in [0.1, 0.15) is 49.3 Å². The first kappa shape index (κ1) is 22.4. The first-order valence-electron chi connectivity index (χ1n) is 10.3. The lowest BCUT2D eigenvalue weighted by atomic mass is 9.95. The van der Waals surface area contributed by atoms with Crippen LogP contribution in [-0.4, -0.2) is 31.7 Å². The summed E-state index contributed by atoms with van der Waals surface area (Å²) in [6.07, 6.45) is 0.899. The summed E-state index contributed by atoms with van der Waals surface area (Å²) in [6.45, 7) is 6.67. The number of anilines is 1. The normalized spacial score (nSPS) is 16.0. The Kier molecular flexibility index (Phi) is 6.93. The van der Waals surface area contributed by atoms with E-state index in [9.17, 15) is 17.6 Å². The summed E-state index contributed by atoms with van der Waals surface area (Å²) >= 11 is 0. The van der Waals surface area contributed by atoms with Gasteiger partial charge in [-0.25, -0.2) is 17.1 Å². The third-order valence-electron chi connectivity index (χ3n) is 5.69. The minimum absolute atomic E-state index is 0.0719. The third-order valence-corrected chi connectivity index (χ3v) is 7.52. The molecule has 5 nitrogen and oxygen atoms in total. The number of nitrogens with zero attached hydrogens (tertiary/aromatic N) is 1. The molecule has 1 N–H and O–H groups in total. The molecule has 0 aliphatic carbocycles. The van der Waals surface area contributed by atoms with E-state index in [0.717, 1.165) is 16.8 Å². The van der Waals surface area contributed by atoms with Crippen LogP contribution in [0.3, 0.4) is 0 Å². The van der Waals surface area contributed by atoms with Gasteiger partial charge in [0.2, 0.25) is 15.9 Å². The van der Waals surface area contributed by atoms with Crippen LogP contribution in [-0.2, 0) is 20.6 Å². The van der Waals surface area contributed by atoms with Gasteiger partial charge in [0.25, 0.3) is 0 Å². The van der Waals surface area contributed by atoms with Crippen molar-refractivity contribution in [2.24, 2.45) is 5.92 Å². The molecule has 7 heteroatoms. The number of halogens is 1. The zero-order valence-corrected chi connectivity index (χ0v) is 18.5. The number of amides is 1. The molecule has 2 aromatic carbocycles. The lowest BCUT2D eigenvalue weighted by molar-refractivity contribution is -0.120. The van der Waals surface area contributed by atoms with Crippen molar-refractivity contribution in [3.05, 3.63) is 65.0 Å². The molecule has 0 radical (unpaired) electrons. The Hall–Kier alpha value is -2.25. The van der Waals surface area contributed by atoms with Crippen LogP contribution in [0.15, 0.2) is 42.5 Å². The molecule has 0 bridgehead atoms. The number of aryl methyl sites for hydroxylation is 1. The predicted molar refractivity (Wildman–Crippen MR) is 117 cm³/mol. The maximum absolute atomic E-state index is 13.8. The summed E-state index contributed by atoms with van der Waals surface area (Å²) in [5.74, 6) is -0.917. The van der Waals surface area contributed by atoms with Gasteiger partial charge < -0.3 is 5.32 Å². The number of hydrogen-bond acceptors (Lipinski definition) is 3. The van der Waals surface area contributed by atoms with E-state index in [1.54, 1.807) is 6.07 Å². The fourth-order valence-electron chi connectivity index (χ4n) is 3.87. The van der Waals surface area contributed by atoms with E-state index in [4.69, 9.17) is 0 Å². The van der Waals surface area contributed by atoms with Gasteiger partial charge in [-0.05, 0) is 42.9 Å². The number of sulfonamides is 1. The lowest BCUT2D eigenvalue weighted by Gasteiger charge is -2.31. The molecule has 1 heterocycles. The Balaban J connectivity index is 1.63. The zero-order valence-electron chi connectivity index (χ0n) is 17.7. The van der Waals surface area contributed by atoms with Crippen LogP contribution in [0.2, 0.25) is 0 Å². The second kappa shape index (κ2) is 9.27. The highest BCUT2D eigenvalue weighted by Gasteiger charge is 2.32. The highest BCUT2D eigenvalue weighted by Crippen LogP contribution is 2.29. The average molecular weight is 433 g/mol. The topological polar surface area (TPSA) is 66.5 Å². The number of rotatable bonds is 6. The van der Waals surface area contributed by atoms with E-state index in [2.05, 4.69) is 19.2 Å². The number of nitrogens with one attached hydrogen (secondary N) is 1. The summed E-state index contributed by atoms with van der Waals surface area (Å²) in [6, 6.07) is 11.9. The van der Waals surface area contributed by atoms with Crippen molar-refractivity contribution in [2.45, 2.75) is 45.3 Å². The molecule has 2 aromatic rings. The summed E-state index contributed by atoms with van der Waals surface area (Å²) in [5, 5.41) is 3.07. The molecule has 1 fully saturated rings. The van der Waals surface area contributed by atoms with Crippen molar-refractivity contribution in [2.75, 3.05) is 18.4 Å². The Morgan fingerprint density at radius 3 is 2.43 bits per heavy atom. The van der Waals surface area contributed by atoms with Crippen LogP contribution in [0.4, 0.5) is 10.1 Å². The third kappa shape index (κ3) is 5.08. The summed E-state index contributed by atoms with van der Waals surface area (Å²) in [4.78, 5) is 12.9. The van der Waals surface area contributed by atoms with Gasteiger partial charge >= 0.3 is 0 Å². The monoisotopic (exact) mass is 432 g/mol. The van der Waals surface area contributed by atoms with Crippen LogP contribution >= 0.6 is 0 Å². The molecule has 3 rings (SSSR count). The van der Waals surface area contributed by atoms with Gasteiger partial charge in [0.05, 0.1) is 5.75 Å². The second-order valence-corrected chi connectivity index (χ2v) is 10.2. The Morgan fingerprint density at radius 2 is 1.80 bits per heavy atom. The van der Waals surface area contributed by atoms with Crippen molar-refractivity contribution in [1.82, 2.24) is 4.31 Å². The van der Waals surface area contributed by atoms with E-state index in [0.29, 0.717) is 12.8 Å². The van der Waals surface area contributed by atoms with Gasteiger partial charge in [0.1, 0.15) is 5.82 Å². The Labute approximate surface area is 178 Å². The van der Waals surface area contributed by atoms with Gasteiger partial charge in [-0.3, -0.25) is 4.79 Å². The molecular formula is C23H29FN2O3S. The molecule has 1 aliphatic rings. The number of carbonyl (C=O) groups is 1. The second-order valence-electron chi connectivity index (χ2n) is 8.20. The van der Waals surface area contributed by atoms with E-state index < -0.39 is 15.8 Å². The van der Waals surface area contributed by atoms with Crippen molar-refractivity contribution in [3.8, 4) is 0 Å². The van der Waals surface area contributed by atoms with Crippen molar-refractivity contribution >= 4 is 21.6 Å². The van der Waals surface area contributed by atoms with Gasteiger partial charge in [0, 0.05) is 30.3 Å². The van der Waals surface area contributed by atoms with Gasteiger partial charge in [-0.1, -0.05) is 50.2 Å². The fraction of sp³-hybridized carbons (Fsp3) is 0.435. The first-order valence-corrected chi connectivity index (χ1v) is 11.9. The van der Waals surface area contributed by atoms with Crippen LogP contribution < -0.4 is 5.32 Å². The first-order chi connectivity index (χ1) is 14.2. The van der Waals surface area contributed by atoms with E-state index in [1.807, 2.05) is 25.1 Å². The van der Waals surface area contributed by atoms with Crippen LogP contribution in [0.5, 0.6) is 0 Å². The molecule has 162 valence electrons. The van der Waals surface area contributed by atoms with E-state index in [-0.39, 0.29) is 42.1 Å². The maximum atomic E-state index is 13.8. The smallest absolute Gasteiger partial charge is 0.227 e. The number of benzene rings is 2. The van der Waals surface area contributed by atoms with E-state index >= 15 is 0 Å². The highest BCUT2D eigenvalue weighted by atomic mass is 32.2. The quantitative estimate of drug-likeness (QED) is 0.734. The Bertz CT molecular complexity index is 1010. The highest BCUT2D eigenvalue weighted by molar-refractivity contribution is 7.88. The average Bonchev–Trinajstić information content (AvgIpc) is 2.71. The molecule has 0 aromatic heterocycles. The molecule has 0 saturated carbocycles. The van der Waals surface area contributed by atoms with Gasteiger partial charge in [-0.2, -0.15) is 0 Å². The lowest BCUT2D eigenvalue weighted by Crippen LogP contribution is -2.42. The molecule has 30 heavy (non-hydrogen) atoms. The predicted octanol–water partition coefficient (Wildman–Crippen LogP) is 4.44. The number of para-hydroxylation sites is 1. The van der Waals surface area contributed by atoms with Gasteiger partial charge in [-0.15, -0.1) is 0 Å².